The molecule has 0 bridgehead atoms. The molecule has 0 aliphatic carbocycles. The van der Waals surface area contributed by atoms with Crippen molar-refractivity contribution in [3.63, 3.8) is 0 Å². The highest BCUT2D eigenvalue weighted by molar-refractivity contribution is 6.02. The Morgan fingerprint density at radius 2 is 2.00 bits per heavy atom. The minimum absolute atomic E-state index is 0.108. The molecule has 0 saturated carbocycles. The topological polar surface area (TPSA) is 99.2 Å². The molecule has 21 heavy (non-hydrogen) atoms. The minimum Gasteiger partial charge on any atom is -0.409 e. The maximum atomic E-state index is 12.6. The fraction of sp³-hybridized carbons (Fsp3) is 0.467. The van der Waals surface area contributed by atoms with E-state index < -0.39 is 5.92 Å². The van der Waals surface area contributed by atoms with Crippen molar-refractivity contribution in [1.82, 2.24) is 4.90 Å². The highest BCUT2D eigenvalue weighted by Crippen LogP contribution is 2.13. The van der Waals surface area contributed by atoms with E-state index in [0.717, 1.165) is 12.0 Å². The number of aliphatic hydroxyl groups excluding tert-OH is 1. The summed E-state index contributed by atoms with van der Waals surface area (Å²) >= 11 is 0. The number of benzene rings is 1. The number of oxime groups is 1. The summed E-state index contributed by atoms with van der Waals surface area (Å²) < 4.78 is 0. The number of carbonyl (C=O) groups excluding carboxylic acids is 1. The summed E-state index contributed by atoms with van der Waals surface area (Å²) in [7, 11) is 0. The molecule has 6 heteroatoms. The van der Waals surface area contributed by atoms with Crippen LogP contribution in [-0.2, 0) is 11.2 Å². The fourth-order valence-electron chi connectivity index (χ4n) is 2.18. The average Bonchev–Trinajstić information content (AvgIpc) is 2.52. The van der Waals surface area contributed by atoms with Crippen molar-refractivity contribution >= 4 is 11.7 Å². The summed E-state index contributed by atoms with van der Waals surface area (Å²) in [4.78, 5) is 14.1. The predicted molar refractivity (Wildman–Crippen MR) is 81.0 cm³/mol. The van der Waals surface area contributed by atoms with Crippen molar-refractivity contribution in [3.05, 3.63) is 35.9 Å². The fourth-order valence-corrected chi connectivity index (χ4v) is 2.18. The van der Waals surface area contributed by atoms with Gasteiger partial charge in [-0.3, -0.25) is 4.79 Å². The first-order valence-corrected chi connectivity index (χ1v) is 7.05. The maximum Gasteiger partial charge on any atom is 0.233 e. The van der Waals surface area contributed by atoms with Gasteiger partial charge in [0.1, 0.15) is 5.92 Å². The molecule has 0 aliphatic heterocycles. The molecule has 1 aromatic rings. The molecule has 1 rings (SSSR count). The molecule has 1 atom stereocenters. The second kappa shape index (κ2) is 8.97. The number of amidine groups is 1. The van der Waals surface area contributed by atoms with Crippen molar-refractivity contribution in [2.24, 2.45) is 16.8 Å². The standard InChI is InChI=1S/C15H23N3O3/c1-2-8-18(9-10-19)15(20)13(14(16)17-21)11-12-6-4-3-5-7-12/h3-7,13,19,21H,2,8-11H2,1H3,(H2,16,17). The molecule has 0 aliphatic rings. The second-order valence-electron chi connectivity index (χ2n) is 4.82. The van der Waals surface area contributed by atoms with Gasteiger partial charge in [0.05, 0.1) is 6.61 Å². The number of hydrogen-bond acceptors (Lipinski definition) is 4. The molecule has 6 nitrogen and oxygen atoms in total. The van der Waals surface area contributed by atoms with Crippen LogP contribution in [0.15, 0.2) is 35.5 Å². The Bertz CT molecular complexity index is 456. The van der Waals surface area contributed by atoms with Gasteiger partial charge in [0.2, 0.25) is 5.91 Å². The Morgan fingerprint density at radius 3 is 2.52 bits per heavy atom. The van der Waals surface area contributed by atoms with Crippen LogP contribution >= 0.6 is 0 Å². The van der Waals surface area contributed by atoms with Gasteiger partial charge in [0, 0.05) is 13.1 Å². The van der Waals surface area contributed by atoms with Gasteiger partial charge in [-0.15, -0.1) is 0 Å². The zero-order chi connectivity index (χ0) is 15.7. The molecule has 4 N–H and O–H groups in total. The van der Waals surface area contributed by atoms with Crippen LogP contribution in [0, 0.1) is 5.92 Å². The Balaban J connectivity index is 2.93. The Morgan fingerprint density at radius 1 is 1.33 bits per heavy atom. The number of aliphatic hydroxyl groups is 1. The monoisotopic (exact) mass is 293 g/mol. The van der Waals surface area contributed by atoms with E-state index in [2.05, 4.69) is 5.16 Å². The molecule has 0 spiro atoms. The van der Waals surface area contributed by atoms with Gasteiger partial charge in [0.25, 0.3) is 0 Å². The van der Waals surface area contributed by atoms with Crippen LogP contribution in [0.4, 0.5) is 0 Å². The van der Waals surface area contributed by atoms with Gasteiger partial charge in [-0.2, -0.15) is 0 Å². The number of nitrogens with zero attached hydrogens (tertiary/aromatic N) is 2. The smallest absolute Gasteiger partial charge is 0.233 e. The van der Waals surface area contributed by atoms with Gasteiger partial charge in [-0.1, -0.05) is 42.4 Å². The zero-order valence-electron chi connectivity index (χ0n) is 12.3. The predicted octanol–water partition coefficient (Wildman–Crippen LogP) is 0.823. The third-order valence-electron chi connectivity index (χ3n) is 3.23. The number of nitrogens with two attached hydrogens (primary N) is 1. The normalized spacial score (nSPS) is 13.0. The van der Waals surface area contributed by atoms with Crippen LogP contribution in [-0.4, -0.2) is 46.7 Å². The summed E-state index contributed by atoms with van der Waals surface area (Å²) in [6.07, 6.45) is 1.14. The van der Waals surface area contributed by atoms with Crippen LogP contribution < -0.4 is 5.73 Å². The SMILES string of the molecule is CCCN(CCO)C(=O)C(Cc1ccccc1)C(N)=NO. The summed E-state index contributed by atoms with van der Waals surface area (Å²) in [5, 5.41) is 21.0. The van der Waals surface area contributed by atoms with E-state index in [0.29, 0.717) is 13.0 Å². The Labute approximate surface area is 124 Å². The summed E-state index contributed by atoms with van der Waals surface area (Å²) in [6.45, 7) is 2.62. The average molecular weight is 293 g/mol. The van der Waals surface area contributed by atoms with Gasteiger partial charge >= 0.3 is 0 Å². The number of rotatable bonds is 8. The Hall–Kier alpha value is -2.08. The van der Waals surface area contributed by atoms with E-state index in [-0.39, 0.29) is 24.9 Å². The van der Waals surface area contributed by atoms with Gasteiger partial charge in [0.15, 0.2) is 5.84 Å². The third kappa shape index (κ3) is 5.07. The lowest BCUT2D eigenvalue weighted by atomic mass is 9.96. The summed E-state index contributed by atoms with van der Waals surface area (Å²) in [6, 6.07) is 9.42. The van der Waals surface area contributed by atoms with E-state index in [1.54, 1.807) is 4.90 Å². The third-order valence-corrected chi connectivity index (χ3v) is 3.23. The number of amides is 1. The van der Waals surface area contributed by atoms with E-state index >= 15 is 0 Å². The second-order valence-corrected chi connectivity index (χ2v) is 4.82. The molecule has 0 fully saturated rings. The molecule has 116 valence electrons. The molecular weight excluding hydrogens is 270 g/mol. The highest BCUT2D eigenvalue weighted by atomic mass is 16.4. The van der Waals surface area contributed by atoms with Crippen molar-refractivity contribution in [2.75, 3.05) is 19.7 Å². The summed E-state index contributed by atoms with van der Waals surface area (Å²) in [5.74, 6) is -1.07. The van der Waals surface area contributed by atoms with Crippen LogP contribution in [0.1, 0.15) is 18.9 Å². The van der Waals surface area contributed by atoms with E-state index in [1.807, 2.05) is 37.3 Å². The van der Waals surface area contributed by atoms with Gasteiger partial charge < -0.3 is 20.9 Å². The Kier molecular flexibility index (Phi) is 7.25. The first-order chi connectivity index (χ1) is 10.1. The van der Waals surface area contributed by atoms with Crippen molar-refractivity contribution in [3.8, 4) is 0 Å². The van der Waals surface area contributed by atoms with E-state index in [4.69, 9.17) is 16.0 Å². The molecule has 0 aromatic heterocycles. The molecular formula is C15H23N3O3. The lowest BCUT2D eigenvalue weighted by molar-refractivity contribution is -0.134. The number of hydrogen-bond donors (Lipinski definition) is 3. The van der Waals surface area contributed by atoms with E-state index in [1.165, 1.54) is 0 Å². The first kappa shape index (κ1) is 17.0. The first-order valence-electron chi connectivity index (χ1n) is 7.05. The quantitative estimate of drug-likeness (QED) is 0.286. The lowest BCUT2D eigenvalue weighted by Gasteiger charge is -2.26. The van der Waals surface area contributed by atoms with Crippen molar-refractivity contribution in [2.45, 2.75) is 19.8 Å². The molecule has 1 aromatic carbocycles. The maximum absolute atomic E-state index is 12.6. The molecule has 1 amide bonds. The van der Waals surface area contributed by atoms with Crippen molar-refractivity contribution < 1.29 is 15.1 Å². The van der Waals surface area contributed by atoms with Crippen LogP contribution in [0.2, 0.25) is 0 Å². The largest absolute Gasteiger partial charge is 0.409 e. The minimum atomic E-state index is -0.726. The molecule has 0 heterocycles. The lowest BCUT2D eigenvalue weighted by Crippen LogP contribution is -2.44. The molecule has 1 unspecified atom stereocenters. The molecule has 0 saturated heterocycles. The van der Waals surface area contributed by atoms with Crippen molar-refractivity contribution in [1.29, 1.82) is 0 Å². The van der Waals surface area contributed by atoms with Gasteiger partial charge in [-0.25, -0.2) is 0 Å². The van der Waals surface area contributed by atoms with Crippen LogP contribution in [0.5, 0.6) is 0 Å². The van der Waals surface area contributed by atoms with Crippen LogP contribution in [0.3, 0.4) is 0 Å². The van der Waals surface area contributed by atoms with E-state index in [9.17, 15) is 4.79 Å². The highest BCUT2D eigenvalue weighted by Gasteiger charge is 2.27. The van der Waals surface area contributed by atoms with Gasteiger partial charge in [-0.05, 0) is 18.4 Å². The molecule has 0 radical (unpaired) electrons. The summed E-state index contributed by atoms with van der Waals surface area (Å²) in [5.41, 5.74) is 6.62. The number of carbonyl (C=O) groups is 1. The zero-order valence-corrected chi connectivity index (χ0v) is 12.3. The van der Waals surface area contributed by atoms with Crippen LogP contribution in [0.25, 0.3) is 0 Å².